The number of carbonyl (C=O) groups excluding carboxylic acids is 1. The highest BCUT2D eigenvalue weighted by Gasteiger charge is 2.25. The lowest BCUT2D eigenvalue weighted by atomic mass is 10.2. The summed E-state index contributed by atoms with van der Waals surface area (Å²) in [5.74, 6) is -0.119. The van der Waals surface area contributed by atoms with Crippen LogP contribution in [0.5, 0.6) is 5.75 Å². The van der Waals surface area contributed by atoms with Gasteiger partial charge in [0.25, 0.3) is 5.69 Å². The fourth-order valence-corrected chi connectivity index (χ4v) is 1.44. The van der Waals surface area contributed by atoms with E-state index in [0.29, 0.717) is 13.2 Å². The molecule has 0 bridgehead atoms. The number of nitrogens with one attached hydrogen (secondary N) is 1. The van der Waals surface area contributed by atoms with Gasteiger partial charge in [0, 0.05) is 13.0 Å². The van der Waals surface area contributed by atoms with Crippen LogP contribution in [0.4, 0.5) is 11.4 Å². The Hall–Kier alpha value is -2.15. The number of nitrogens with zero attached hydrogens (tertiary/aromatic N) is 1. The van der Waals surface area contributed by atoms with Crippen molar-refractivity contribution < 1.29 is 19.2 Å². The molecule has 1 unspecified atom stereocenters. The van der Waals surface area contributed by atoms with Gasteiger partial charge in [0.1, 0.15) is 18.5 Å². The zero-order chi connectivity index (χ0) is 13.1. The second kappa shape index (κ2) is 5.01. The number of para-hydroxylation sites is 1. The first-order chi connectivity index (χ1) is 8.58. The number of benzene rings is 1. The van der Waals surface area contributed by atoms with Crippen molar-refractivity contribution in [2.24, 2.45) is 0 Å². The lowest BCUT2D eigenvalue weighted by Gasteiger charge is -2.10. The molecule has 1 aliphatic heterocycles. The average molecular weight is 252 g/mol. The number of carbonyl (C=O) groups is 1. The number of amides is 1. The number of anilines is 1. The number of rotatable bonds is 5. The highest BCUT2D eigenvalue weighted by Crippen LogP contribution is 2.34. The SMILES string of the molecule is CC(=O)Nc1c(OCC2CO2)cccc1[N+](=O)[O-]. The molecule has 7 heteroatoms. The lowest BCUT2D eigenvalue weighted by Crippen LogP contribution is -2.12. The summed E-state index contributed by atoms with van der Waals surface area (Å²) in [4.78, 5) is 21.4. The van der Waals surface area contributed by atoms with E-state index >= 15 is 0 Å². The monoisotopic (exact) mass is 252 g/mol. The Kier molecular flexibility index (Phi) is 3.42. The summed E-state index contributed by atoms with van der Waals surface area (Å²) >= 11 is 0. The summed E-state index contributed by atoms with van der Waals surface area (Å²) < 4.78 is 10.4. The maximum Gasteiger partial charge on any atom is 0.296 e. The Morgan fingerprint density at radius 2 is 2.39 bits per heavy atom. The van der Waals surface area contributed by atoms with Gasteiger partial charge < -0.3 is 14.8 Å². The number of nitro benzene ring substituents is 1. The van der Waals surface area contributed by atoms with E-state index in [2.05, 4.69) is 5.32 Å². The third kappa shape index (κ3) is 2.95. The molecule has 18 heavy (non-hydrogen) atoms. The molecule has 1 saturated heterocycles. The van der Waals surface area contributed by atoms with Crippen LogP contribution in [0.3, 0.4) is 0 Å². The maximum absolute atomic E-state index is 11.1. The summed E-state index contributed by atoms with van der Waals surface area (Å²) in [5.41, 5.74) is -0.116. The van der Waals surface area contributed by atoms with Gasteiger partial charge in [-0.2, -0.15) is 0 Å². The summed E-state index contributed by atoms with van der Waals surface area (Å²) in [6.45, 7) is 2.22. The number of hydrogen-bond donors (Lipinski definition) is 1. The Morgan fingerprint density at radius 1 is 1.67 bits per heavy atom. The molecule has 96 valence electrons. The standard InChI is InChI=1S/C11H12N2O5/c1-7(14)12-11-9(13(15)16)3-2-4-10(11)18-6-8-5-17-8/h2-4,8H,5-6H2,1H3,(H,12,14). The minimum Gasteiger partial charge on any atom is -0.488 e. The van der Waals surface area contributed by atoms with Crippen LogP contribution in [0.15, 0.2) is 18.2 Å². The van der Waals surface area contributed by atoms with E-state index in [-0.39, 0.29) is 23.2 Å². The molecule has 1 aromatic carbocycles. The summed E-state index contributed by atoms with van der Waals surface area (Å²) in [5, 5.41) is 13.3. The Labute approximate surface area is 103 Å². The van der Waals surface area contributed by atoms with E-state index in [1.165, 1.54) is 19.1 Å². The van der Waals surface area contributed by atoms with Crippen molar-refractivity contribution in [3.05, 3.63) is 28.3 Å². The molecule has 1 aromatic rings. The molecule has 1 atom stereocenters. The second-order valence-corrected chi connectivity index (χ2v) is 3.85. The van der Waals surface area contributed by atoms with Crippen LogP contribution in [0.2, 0.25) is 0 Å². The normalized spacial score (nSPS) is 17.1. The first-order valence-electron chi connectivity index (χ1n) is 5.37. The maximum atomic E-state index is 11.1. The molecule has 0 aliphatic carbocycles. The van der Waals surface area contributed by atoms with Gasteiger partial charge in [-0.3, -0.25) is 14.9 Å². The van der Waals surface area contributed by atoms with Crippen LogP contribution >= 0.6 is 0 Å². The van der Waals surface area contributed by atoms with Crippen LogP contribution in [0, 0.1) is 10.1 Å². The molecule has 1 amide bonds. The summed E-state index contributed by atoms with van der Waals surface area (Å²) in [6.07, 6.45) is 0.0365. The van der Waals surface area contributed by atoms with E-state index < -0.39 is 10.8 Å². The van der Waals surface area contributed by atoms with E-state index in [1.807, 2.05) is 0 Å². The minimum atomic E-state index is -0.564. The van der Waals surface area contributed by atoms with Gasteiger partial charge in [0.15, 0.2) is 5.69 Å². The van der Waals surface area contributed by atoms with Gasteiger partial charge in [-0.25, -0.2) is 0 Å². The van der Waals surface area contributed by atoms with Crippen LogP contribution in [-0.4, -0.2) is 30.1 Å². The van der Waals surface area contributed by atoms with E-state index in [4.69, 9.17) is 9.47 Å². The molecule has 1 heterocycles. The smallest absolute Gasteiger partial charge is 0.296 e. The fourth-order valence-electron chi connectivity index (χ4n) is 1.44. The van der Waals surface area contributed by atoms with Crippen molar-refractivity contribution in [3.8, 4) is 5.75 Å². The van der Waals surface area contributed by atoms with Crippen molar-refractivity contribution in [1.29, 1.82) is 0 Å². The molecule has 1 N–H and O–H groups in total. The molecule has 1 fully saturated rings. The first-order valence-corrected chi connectivity index (χ1v) is 5.37. The summed E-state index contributed by atoms with van der Waals surface area (Å²) in [6, 6.07) is 4.39. The highest BCUT2D eigenvalue weighted by atomic mass is 16.6. The van der Waals surface area contributed by atoms with E-state index in [1.54, 1.807) is 6.07 Å². The van der Waals surface area contributed by atoms with Gasteiger partial charge in [-0.1, -0.05) is 6.07 Å². The predicted molar refractivity (Wildman–Crippen MR) is 62.6 cm³/mol. The molecule has 1 aliphatic rings. The van der Waals surface area contributed by atoms with Crippen molar-refractivity contribution >= 4 is 17.3 Å². The second-order valence-electron chi connectivity index (χ2n) is 3.85. The van der Waals surface area contributed by atoms with Crippen LogP contribution in [0.25, 0.3) is 0 Å². The summed E-state index contributed by atoms with van der Waals surface area (Å²) in [7, 11) is 0. The third-order valence-corrected chi connectivity index (χ3v) is 2.33. The number of hydrogen-bond acceptors (Lipinski definition) is 5. The fraction of sp³-hybridized carbons (Fsp3) is 0.364. The lowest BCUT2D eigenvalue weighted by molar-refractivity contribution is -0.384. The van der Waals surface area contributed by atoms with Crippen LogP contribution in [0.1, 0.15) is 6.92 Å². The Bertz CT molecular complexity index is 484. The van der Waals surface area contributed by atoms with Crippen molar-refractivity contribution in [2.45, 2.75) is 13.0 Å². The molecular formula is C11H12N2O5. The number of nitro groups is 1. The van der Waals surface area contributed by atoms with Crippen molar-refractivity contribution in [3.63, 3.8) is 0 Å². The van der Waals surface area contributed by atoms with Gasteiger partial charge >= 0.3 is 0 Å². The molecule has 0 saturated carbocycles. The van der Waals surface area contributed by atoms with Crippen molar-refractivity contribution in [2.75, 3.05) is 18.5 Å². The highest BCUT2D eigenvalue weighted by molar-refractivity contribution is 5.93. The predicted octanol–water partition coefficient (Wildman–Crippen LogP) is 1.33. The number of ether oxygens (including phenoxy) is 2. The van der Waals surface area contributed by atoms with Crippen molar-refractivity contribution in [1.82, 2.24) is 0 Å². The average Bonchev–Trinajstić information content (AvgIpc) is 3.10. The first kappa shape index (κ1) is 12.3. The minimum absolute atomic E-state index is 0.0365. The largest absolute Gasteiger partial charge is 0.488 e. The van der Waals surface area contributed by atoms with Gasteiger partial charge in [-0.05, 0) is 6.07 Å². The van der Waals surface area contributed by atoms with E-state index in [9.17, 15) is 14.9 Å². The molecule has 2 rings (SSSR count). The van der Waals surface area contributed by atoms with Gasteiger partial charge in [0.05, 0.1) is 11.5 Å². The molecule has 0 radical (unpaired) electrons. The Morgan fingerprint density at radius 3 is 2.94 bits per heavy atom. The van der Waals surface area contributed by atoms with E-state index in [0.717, 1.165) is 0 Å². The Balaban J connectivity index is 2.26. The molecular weight excluding hydrogens is 240 g/mol. The topological polar surface area (TPSA) is 94.0 Å². The number of epoxide rings is 1. The third-order valence-electron chi connectivity index (χ3n) is 2.33. The zero-order valence-electron chi connectivity index (χ0n) is 9.71. The van der Waals surface area contributed by atoms with Crippen LogP contribution < -0.4 is 10.1 Å². The molecule has 0 aromatic heterocycles. The quantitative estimate of drug-likeness (QED) is 0.484. The van der Waals surface area contributed by atoms with Gasteiger partial charge in [-0.15, -0.1) is 0 Å². The molecule has 7 nitrogen and oxygen atoms in total. The molecule has 0 spiro atoms. The zero-order valence-corrected chi connectivity index (χ0v) is 9.71. The van der Waals surface area contributed by atoms with Gasteiger partial charge in [0.2, 0.25) is 5.91 Å². The van der Waals surface area contributed by atoms with Crippen LogP contribution in [-0.2, 0) is 9.53 Å².